The molecule has 3 nitrogen and oxygen atoms in total. The average molecular weight is 615 g/mol. The molecule has 3 heteroatoms. The van der Waals surface area contributed by atoms with E-state index in [0.717, 1.165) is 50.0 Å². The summed E-state index contributed by atoms with van der Waals surface area (Å²) >= 11 is 0. The van der Waals surface area contributed by atoms with Gasteiger partial charge in [0.05, 0.1) is 11.4 Å². The van der Waals surface area contributed by atoms with Gasteiger partial charge in [0.1, 0.15) is 11.2 Å². The number of aromatic nitrogens is 2. The van der Waals surface area contributed by atoms with E-state index in [4.69, 9.17) is 14.4 Å². The van der Waals surface area contributed by atoms with Gasteiger partial charge in [-0.15, -0.1) is 0 Å². The van der Waals surface area contributed by atoms with Crippen LogP contribution in [0.5, 0.6) is 0 Å². The molecule has 0 aliphatic heterocycles. The molecule has 0 radical (unpaired) electrons. The second-order valence-corrected chi connectivity index (χ2v) is 13.4. The number of nitrogens with zero attached hydrogens (tertiary/aromatic N) is 2. The molecule has 7 aromatic carbocycles. The zero-order valence-corrected chi connectivity index (χ0v) is 26.7. The van der Waals surface area contributed by atoms with Gasteiger partial charge in [0.15, 0.2) is 5.82 Å². The monoisotopic (exact) mass is 614 g/mol. The van der Waals surface area contributed by atoms with Crippen molar-refractivity contribution in [2.45, 2.75) is 19.3 Å². The number of benzene rings is 7. The third-order valence-corrected chi connectivity index (χ3v) is 10.2. The first-order chi connectivity index (χ1) is 23.5. The van der Waals surface area contributed by atoms with Crippen LogP contribution in [0.4, 0.5) is 0 Å². The van der Waals surface area contributed by atoms with E-state index >= 15 is 0 Å². The molecule has 0 atom stereocenters. The van der Waals surface area contributed by atoms with Crippen molar-refractivity contribution in [3.8, 4) is 45.0 Å². The first kappa shape index (κ1) is 27.1. The normalized spacial score (nSPS) is 13.4. The van der Waals surface area contributed by atoms with Crippen LogP contribution >= 0.6 is 0 Å². The Morgan fingerprint density at radius 2 is 1.12 bits per heavy atom. The fraction of sp³-hybridized carbons (Fsp3) is 0.0667. The summed E-state index contributed by atoms with van der Waals surface area (Å²) in [5.41, 5.74) is 11.8. The first-order valence-corrected chi connectivity index (χ1v) is 16.5. The minimum absolute atomic E-state index is 0.139. The van der Waals surface area contributed by atoms with Crippen LogP contribution in [0.25, 0.3) is 88.5 Å². The zero-order chi connectivity index (χ0) is 32.0. The van der Waals surface area contributed by atoms with Crippen LogP contribution in [0.3, 0.4) is 0 Å². The molecule has 1 aliphatic rings. The molecular weight excluding hydrogens is 585 g/mol. The van der Waals surface area contributed by atoms with Crippen molar-refractivity contribution in [2.24, 2.45) is 0 Å². The highest BCUT2D eigenvalue weighted by molar-refractivity contribution is 6.11. The molecule has 2 heterocycles. The molecule has 10 rings (SSSR count). The first-order valence-electron chi connectivity index (χ1n) is 16.5. The second-order valence-electron chi connectivity index (χ2n) is 13.4. The molecular formula is C45H30N2O. The number of furan rings is 1. The largest absolute Gasteiger partial charge is 0.456 e. The third kappa shape index (κ3) is 4.01. The maximum absolute atomic E-state index is 6.34. The van der Waals surface area contributed by atoms with Crippen molar-refractivity contribution >= 4 is 43.5 Å². The van der Waals surface area contributed by atoms with E-state index in [1.54, 1.807) is 0 Å². The van der Waals surface area contributed by atoms with E-state index in [0.29, 0.717) is 5.82 Å². The highest BCUT2D eigenvalue weighted by Crippen LogP contribution is 2.53. The van der Waals surface area contributed by atoms with Crippen molar-refractivity contribution in [3.05, 3.63) is 157 Å². The SMILES string of the molecule is CC1(C)c2cc3ccccc3cc2-c2c(-c3cc(-c4ccc5oc6cc7ccccc7cc6c5c4)nc(-c4ccccc4)n3)cccc21. The summed E-state index contributed by atoms with van der Waals surface area (Å²) in [6.45, 7) is 4.68. The number of hydrogen-bond acceptors (Lipinski definition) is 3. The van der Waals surface area contributed by atoms with E-state index in [2.05, 4.69) is 141 Å². The Morgan fingerprint density at radius 3 is 1.92 bits per heavy atom. The van der Waals surface area contributed by atoms with Crippen LogP contribution in [0, 0.1) is 0 Å². The van der Waals surface area contributed by atoms with Gasteiger partial charge in [0, 0.05) is 32.9 Å². The van der Waals surface area contributed by atoms with Gasteiger partial charge in [-0.05, 0) is 92.3 Å². The summed E-state index contributed by atoms with van der Waals surface area (Å²) in [6, 6.07) is 51.7. The maximum atomic E-state index is 6.34. The van der Waals surface area contributed by atoms with Crippen molar-refractivity contribution in [3.63, 3.8) is 0 Å². The summed E-state index contributed by atoms with van der Waals surface area (Å²) in [7, 11) is 0. The van der Waals surface area contributed by atoms with Crippen molar-refractivity contribution in [1.29, 1.82) is 0 Å². The van der Waals surface area contributed by atoms with Crippen molar-refractivity contribution in [1.82, 2.24) is 9.97 Å². The number of rotatable bonds is 3. The van der Waals surface area contributed by atoms with Gasteiger partial charge in [-0.3, -0.25) is 0 Å². The van der Waals surface area contributed by atoms with Gasteiger partial charge >= 0.3 is 0 Å². The highest BCUT2D eigenvalue weighted by Gasteiger charge is 2.37. The topological polar surface area (TPSA) is 38.9 Å². The molecule has 9 aromatic rings. The lowest BCUT2D eigenvalue weighted by Gasteiger charge is -2.22. The van der Waals surface area contributed by atoms with Crippen LogP contribution in [0.1, 0.15) is 25.0 Å². The molecule has 0 saturated carbocycles. The minimum Gasteiger partial charge on any atom is -0.456 e. The average Bonchev–Trinajstić information content (AvgIpc) is 3.60. The van der Waals surface area contributed by atoms with Gasteiger partial charge < -0.3 is 4.42 Å². The lowest BCUT2D eigenvalue weighted by atomic mass is 9.81. The molecule has 0 fully saturated rings. The fourth-order valence-electron chi connectivity index (χ4n) is 7.76. The summed E-state index contributed by atoms with van der Waals surface area (Å²) < 4.78 is 6.34. The van der Waals surface area contributed by atoms with Crippen LogP contribution in [0.2, 0.25) is 0 Å². The molecule has 0 saturated heterocycles. The van der Waals surface area contributed by atoms with Crippen LogP contribution in [0.15, 0.2) is 150 Å². The van der Waals surface area contributed by atoms with Gasteiger partial charge in [0.25, 0.3) is 0 Å². The summed E-state index contributed by atoms with van der Waals surface area (Å²) in [5, 5.41) is 7.07. The van der Waals surface area contributed by atoms with Gasteiger partial charge in [-0.2, -0.15) is 0 Å². The van der Waals surface area contributed by atoms with E-state index < -0.39 is 0 Å². The summed E-state index contributed by atoms with van der Waals surface area (Å²) in [4.78, 5) is 10.5. The van der Waals surface area contributed by atoms with E-state index in [9.17, 15) is 0 Å². The smallest absolute Gasteiger partial charge is 0.160 e. The van der Waals surface area contributed by atoms with Crippen molar-refractivity contribution < 1.29 is 4.42 Å². The van der Waals surface area contributed by atoms with E-state index in [1.807, 2.05) is 18.2 Å². The van der Waals surface area contributed by atoms with Gasteiger partial charge in [-0.1, -0.05) is 111 Å². The molecule has 0 spiro atoms. The van der Waals surface area contributed by atoms with Gasteiger partial charge in [0.2, 0.25) is 0 Å². The third-order valence-electron chi connectivity index (χ3n) is 10.2. The molecule has 226 valence electrons. The standard InChI is InChI=1S/C45H30N2O/c1-45(2)37-18-10-17-33(43(37)36-22-29-14-6-8-15-30(29)24-38(36)45)40-26-39(46-44(47-40)27-11-4-3-5-12-27)32-19-20-41-34(23-32)35-21-28-13-7-9-16-31(28)25-42(35)48-41/h3-26H,1-2H3. The number of hydrogen-bond donors (Lipinski definition) is 0. The maximum Gasteiger partial charge on any atom is 0.160 e. The Bertz CT molecular complexity index is 2750. The molecule has 0 amide bonds. The lowest BCUT2D eigenvalue weighted by Crippen LogP contribution is -2.14. The Kier molecular flexibility index (Phi) is 5.63. The predicted molar refractivity (Wildman–Crippen MR) is 198 cm³/mol. The Hall–Kier alpha value is -6.06. The minimum atomic E-state index is -0.139. The summed E-state index contributed by atoms with van der Waals surface area (Å²) in [5.74, 6) is 0.708. The lowest BCUT2D eigenvalue weighted by molar-refractivity contribution is 0.661. The van der Waals surface area contributed by atoms with Crippen LogP contribution in [-0.4, -0.2) is 9.97 Å². The fourth-order valence-corrected chi connectivity index (χ4v) is 7.76. The highest BCUT2D eigenvalue weighted by atomic mass is 16.3. The quantitative estimate of drug-likeness (QED) is 0.199. The van der Waals surface area contributed by atoms with E-state index in [-0.39, 0.29) is 5.41 Å². The van der Waals surface area contributed by atoms with Crippen LogP contribution in [-0.2, 0) is 5.41 Å². The van der Waals surface area contributed by atoms with E-state index in [1.165, 1.54) is 43.8 Å². The molecule has 0 unspecified atom stereocenters. The molecule has 0 N–H and O–H groups in total. The molecule has 48 heavy (non-hydrogen) atoms. The Morgan fingerprint density at radius 1 is 0.458 bits per heavy atom. The van der Waals surface area contributed by atoms with Crippen molar-refractivity contribution in [2.75, 3.05) is 0 Å². The summed E-state index contributed by atoms with van der Waals surface area (Å²) in [6.07, 6.45) is 0. The Balaban J connectivity index is 1.21. The predicted octanol–water partition coefficient (Wildman–Crippen LogP) is 12.0. The second kappa shape index (κ2) is 9.97. The Labute approximate surface area is 278 Å². The van der Waals surface area contributed by atoms with Gasteiger partial charge in [-0.25, -0.2) is 9.97 Å². The van der Waals surface area contributed by atoms with Crippen LogP contribution < -0.4 is 0 Å². The zero-order valence-electron chi connectivity index (χ0n) is 26.7. The molecule has 2 aromatic heterocycles. The molecule has 0 bridgehead atoms. The number of fused-ring (bicyclic) bond motifs is 8. The molecule has 1 aliphatic carbocycles.